The minimum atomic E-state index is -0.983. The van der Waals surface area contributed by atoms with Crippen molar-refractivity contribution in [3.05, 3.63) is 29.8 Å². The summed E-state index contributed by atoms with van der Waals surface area (Å²) in [4.78, 5) is 26.8. The van der Waals surface area contributed by atoms with Gasteiger partial charge in [0.15, 0.2) is 11.4 Å². The van der Waals surface area contributed by atoms with E-state index in [-0.39, 0.29) is 11.8 Å². The molecule has 2 bridgehead atoms. The number of benzene rings is 2. The van der Waals surface area contributed by atoms with E-state index >= 15 is 0 Å². The molecular weight excluding hydrogens is 428 g/mol. The summed E-state index contributed by atoms with van der Waals surface area (Å²) in [6.45, 7) is 2.73. The van der Waals surface area contributed by atoms with Crippen LogP contribution in [0.3, 0.4) is 0 Å². The number of carbonyl (C=O) groups is 2. The van der Waals surface area contributed by atoms with Crippen molar-refractivity contribution in [1.82, 2.24) is 0 Å². The number of methoxy groups -OCH3 is 3. The van der Waals surface area contributed by atoms with E-state index in [0.717, 1.165) is 5.39 Å². The average Bonchev–Trinajstić information content (AvgIpc) is 3.40. The number of Topliss-reactive ketones (excluding diaryl/α,β-unsaturated/α-hetero) is 1. The van der Waals surface area contributed by atoms with Gasteiger partial charge in [-0.2, -0.15) is 0 Å². The Kier molecular flexibility index (Phi) is 5.25. The monoisotopic (exact) mass is 456 g/mol. The number of carbonyl (C=O) groups excluding carboxylic acids is 2. The highest BCUT2D eigenvalue weighted by Crippen LogP contribution is 2.54. The highest BCUT2D eigenvalue weighted by atomic mass is 16.8. The number of fused-ring (bicyclic) bond motifs is 3. The molecule has 3 unspecified atom stereocenters. The standard InChI is InChI=1S/C25H28O8/c1-24(31-10-11-32-24)25-9-8-14(17(13-25)23(27)33-25)21(26)16-12-19(29-3)15-6-5-7-18(28-2)20(15)22(16)30-4/h5-7,12,14,17H,8-11,13H2,1-4H3. The van der Waals surface area contributed by atoms with E-state index in [9.17, 15) is 9.59 Å². The highest BCUT2D eigenvalue weighted by Gasteiger charge is 2.65. The summed E-state index contributed by atoms with van der Waals surface area (Å²) >= 11 is 0. The van der Waals surface area contributed by atoms with Crippen molar-refractivity contribution in [3.63, 3.8) is 0 Å². The molecule has 2 heterocycles. The van der Waals surface area contributed by atoms with E-state index < -0.39 is 23.2 Å². The van der Waals surface area contributed by atoms with Crippen molar-refractivity contribution < 1.29 is 38.0 Å². The lowest BCUT2D eigenvalue weighted by atomic mass is 9.68. The predicted octanol–water partition coefficient (Wildman–Crippen LogP) is 3.52. The van der Waals surface area contributed by atoms with Gasteiger partial charge < -0.3 is 28.4 Å². The summed E-state index contributed by atoms with van der Waals surface area (Å²) in [5.74, 6) is -1.13. The van der Waals surface area contributed by atoms with Crippen LogP contribution in [0.25, 0.3) is 10.8 Å². The molecular formula is C25H28O8. The summed E-state index contributed by atoms with van der Waals surface area (Å²) in [5.41, 5.74) is -0.501. The first-order valence-corrected chi connectivity index (χ1v) is 11.1. The lowest BCUT2D eigenvalue weighted by Gasteiger charge is -2.42. The molecule has 3 aliphatic rings. The molecule has 0 aromatic heterocycles. The number of hydrogen-bond acceptors (Lipinski definition) is 8. The molecule has 0 radical (unpaired) electrons. The van der Waals surface area contributed by atoms with Crippen molar-refractivity contribution in [2.45, 2.75) is 37.6 Å². The van der Waals surface area contributed by atoms with Gasteiger partial charge in [-0.05, 0) is 31.9 Å². The molecule has 2 saturated heterocycles. The molecule has 0 spiro atoms. The molecule has 2 aromatic carbocycles. The summed E-state index contributed by atoms with van der Waals surface area (Å²) in [7, 11) is 4.65. The van der Waals surface area contributed by atoms with E-state index in [2.05, 4.69) is 0 Å². The first-order valence-electron chi connectivity index (χ1n) is 11.1. The average molecular weight is 456 g/mol. The van der Waals surface area contributed by atoms with Crippen molar-refractivity contribution in [1.29, 1.82) is 0 Å². The molecule has 2 aliphatic heterocycles. The lowest BCUT2D eigenvalue weighted by molar-refractivity contribution is -0.261. The summed E-state index contributed by atoms with van der Waals surface area (Å²) in [6, 6.07) is 7.24. The van der Waals surface area contributed by atoms with Gasteiger partial charge in [0.25, 0.3) is 0 Å². The van der Waals surface area contributed by atoms with Crippen molar-refractivity contribution in [2.75, 3.05) is 34.5 Å². The largest absolute Gasteiger partial charge is 0.496 e. The lowest BCUT2D eigenvalue weighted by Crippen LogP contribution is -2.54. The minimum absolute atomic E-state index is 0.172. The second kappa shape index (κ2) is 7.88. The van der Waals surface area contributed by atoms with Crippen LogP contribution in [0.4, 0.5) is 0 Å². The van der Waals surface area contributed by atoms with Crippen molar-refractivity contribution in [2.24, 2.45) is 11.8 Å². The molecule has 176 valence electrons. The van der Waals surface area contributed by atoms with Gasteiger partial charge >= 0.3 is 5.97 Å². The summed E-state index contributed by atoms with van der Waals surface area (Å²) in [5, 5.41) is 1.43. The predicted molar refractivity (Wildman–Crippen MR) is 118 cm³/mol. The molecule has 0 amide bonds. The second-order valence-corrected chi connectivity index (χ2v) is 8.92. The molecule has 3 fully saturated rings. The Labute approximate surface area is 192 Å². The normalized spacial score (nSPS) is 27.9. The van der Waals surface area contributed by atoms with E-state index in [0.29, 0.717) is 60.7 Å². The van der Waals surface area contributed by atoms with E-state index in [1.807, 2.05) is 25.1 Å². The van der Waals surface area contributed by atoms with Crippen LogP contribution >= 0.6 is 0 Å². The zero-order chi connectivity index (χ0) is 23.4. The Hall–Kier alpha value is -2.84. The smallest absolute Gasteiger partial charge is 0.310 e. The van der Waals surface area contributed by atoms with Crippen LogP contribution in [-0.2, 0) is 19.0 Å². The van der Waals surface area contributed by atoms with Crippen LogP contribution in [-0.4, -0.2) is 57.7 Å². The van der Waals surface area contributed by atoms with Crippen LogP contribution in [0.1, 0.15) is 36.5 Å². The van der Waals surface area contributed by atoms with Crippen molar-refractivity contribution in [3.8, 4) is 17.2 Å². The first kappa shape index (κ1) is 22.0. The van der Waals surface area contributed by atoms with Gasteiger partial charge in [-0.1, -0.05) is 12.1 Å². The molecule has 1 saturated carbocycles. The van der Waals surface area contributed by atoms with Gasteiger partial charge in [0.1, 0.15) is 17.2 Å². The zero-order valence-corrected chi connectivity index (χ0v) is 19.3. The molecule has 0 N–H and O–H groups in total. The van der Waals surface area contributed by atoms with Gasteiger partial charge in [0.05, 0.1) is 51.4 Å². The summed E-state index contributed by atoms with van der Waals surface area (Å²) < 4.78 is 34.4. The SMILES string of the molecule is COc1cc(C(=O)C2CCC3(C4(C)OCCO4)CC2C(=O)O3)c(OC)c2c(OC)cccc12. The topological polar surface area (TPSA) is 89.5 Å². The van der Waals surface area contributed by atoms with Crippen LogP contribution in [0.15, 0.2) is 24.3 Å². The fraction of sp³-hybridized carbons (Fsp3) is 0.520. The van der Waals surface area contributed by atoms with Crippen LogP contribution in [0.2, 0.25) is 0 Å². The number of esters is 1. The third kappa shape index (κ3) is 3.11. The van der Waals surface area contributed by atoms with Crippen LogP contribution in [0, 0.1) is 11.8 Å². The Morgan fingerprint density at radius 3 is 2.45 bits per heavy atom. The Morgan fingerprint density at radius 2 is 1.79 bits per heavy atom. The Balaban J connectivity index is 1.56. The maximum atomic E-state index is 13.9. The molecule has 2 aromatic rings. The van der Waals surface area contributed by atoms with Gasteiger partial charge in [-0.3, -0.25) is 9.59 Å². The third-order valence-corrected chi connectivity index (χ3v) is 7.44. The number of ketones is 1. The van der Waals surface area contributed by atoms with E-state index in [4.69, 9.17) is 28.4 Å². The highest BCUT2D eigenvalue weighted by molar-refractivity contribution is 6.10. The van der Waals surface area contributed by atoms with Gasteiger partial charge in [-0.25, -0.2) is 0 Å². The van der Waals surface area contributed by atoms with Crippen LogP contribution < -0.4 is 14.2 Å². The Bertz CT molecular complexity index is 1120. The van der Waals surface area contributed by atoms with Gasteiger partial charge in [0, 0.05) is 17.7 Å². The second-order valence-electron chi connectivity index (χ2n) is 8.92. The quantitative estimate of drug-likeness (QED) is 0.482. The van der Waals surface area contributed by atoms with Crippen molar-refractivity contribution >= 4 is 22.5 Å². The van der Waals surface area contributed by atoms with Gasteiger partial charge in [0.2, 0.25) is 5.79 Å². The molecule has 8 nitrogen and oxygen atoms in total. The maximum Gasteiger partial charge on any atom is 0.310 e. The fourth-order valence-corrected chi connectivity index (χ4v) is 5.71. The van der Waals surface area contributed by atoms with Crippen LogP contribution in [0.5, 0.6) is 17.2 Å². The first-order chi connectivity index (χ1) is 15.9. The molecule has 5 rings (SSSR count). The molecule has 3 atom stereocenters. The third-order valence-electron chi connectivity index (χ3n) is 7.44. The zero-order valence-electron chi connectivity index (χ0n) is 19.3. The molecule has 1 aliphatic carbocycles. The summed E-state index contributed by atoms with van der Waals surface area (Å²) in [6.07, 6.45) is 1.35. The number of ether oxygens (including phenoxy) is 6. The van der Waals surface area contributed by atoms with E-state index in [1.165, 1.54) is 7.11 Å². The molecule has 8 heteroatoms. The van der Waals surface area contributed by atoms with E-state index in [1.54, 1.807) is 20.3 Å². The maximum absolute atomic E-state index is 13.9. The molecule has 33 heavy (non-hydrogen) atoms. The number of hydrogen-bond donors (Lipinski definition) is 0. The fourth-order valence-electron chi connectivity index (χ4n) is 5.71. The number of rotatable bonds is 6. The Morgan fingerprint density at radius 1 is 1.06 bits per heavy atom. The minimum Gasteiger partial charge on any atom is -0.496 e. The van der Waals surface area contributed by atoms with Gasteiger partial charge in [-0.15, -0.1) is 0 Å².